The first-order valence-electron chi connectivity index (χ1n) is 8.99. The van der Waals surface area contributed by atoms with Gasteiger partial charge in [-0.25, -0.2) is 18.4 Å². The van der Waals surface area contributed by atoms with Crippen LogP contribution in [-0.2, 0) is 10.0 Å². The molecule has 0 bridgehead atoms. The summed E-state index contributed by atoms with van der Waals surface area (Å²) >= 11 is 1.46. The molecule has 1 N–H and O–H groups in total. The molecule has 30 heavy (non-hydrogen) atoms. The summed E-state index contributed by atoms with van der Waals surface area (Å²) in [6, 6.07) is 13.9. The third-order valence-electron chi connectivity index (χ3n) is 4.56. The zero-order valence-electron chi connectivity index (χ0n) is 16.5. The van der Waals surface area contributed by atoms with Crippen molar-refractivity contribution in [2.75, 3.05) is 18.9 Å². The number of fused-ring (bicyclic) bond motifs is 1. The van der Waals surface area contributed by atoms with Gasteiger partial charge in [0, 0.05) is 17.8 Å². The highest BCUT2D eigenvalue weighted by atomic mass is 32.2. The van der Waals surface area contributed by atoms with E-state index in [1.54, 1.807) is 18.3 Å². The molecule has 2 aromatic heterocycles. The van der Waals surface area contributed by atoms with Crippen molar-refractivity contribution in [3.63, 3.8) is 0 Å². The van der Waals surface area contributed by atoms with E-state index in [0.717, 1.165) is 26.5 Å². The largest absolute Gasteiger partial charge is 0.497 e. The van der Waals surface area contributed by atoms with Crippen LogP contribution in [0.5, 0.6) is 11.5 Å². The summed E-state index contributed by atoms with van der Waals surface area (Å²) in [6.45, 7) is 1.84. The first kappa shape index (κ1) is 20.1. The van der Waals surface area contributed by atoms with E-state index in [2.05, 4.69) is 14.7 Å². The van der Waals surface area contributed by atoms with Crippen molar-refractivity contribution in [2.24, 2.45) is 0 Å². The van der Waals surface area contributed by atoms with Gasteiger partial charge in [-0.05, 0) is 42.8 Å². The van der Waals surface area contributed by atoms with E-state index in [-0.39, 0.29) is 10.6 Å². The van der Waals surface area contributed by atoms with Crippen molar-refractivity contribution >= 4 is 37.4 Å². The fourth-order valence-electron chi connectivity index (χ4n) is 2.95. The van der Waals surface area contributed by atoms with Crippen LogP contribution < -0.4 is 14.2 Å². The fourth-order valence-corrected chi connectivity index (χ4v) is 5.13. The molecule has 0 spiro atoms. The topological polar surface area (TPSA) is 90.4 Å². The molecule has 0 amide bonds. The summed E-state index contributed by atoms with van der Waals surface area (Å²) in [5.74, 6) is 0.710. The van der Waals surface area contributed by atoms with Crippen LogP contribution in [0.3, 0.4) is 0 Å². The maximum atomic E-state index is 13.1. The lowest BCUT2D eigenvalue weighted by atomic mass is 10.1. The number of benzene rings is 2. The Morgan fingerprint density at radius 1 is 1.03 bits per heavy atom. The Morgan fingerprint density at radius 3 is 2.60 bits per heavy atom. The quantitative estimate of drug-likeness (QED) is 0.474. The first-order chi connectivity index (χ1) is 14.4. The minimum Gasteiger partial charge on any atom is -0.497 e. The smallest absolute Gasteiger partial charge is 0.265 e. The summed E-state index contributed by atoms with van der Waals surface area (Å²) in [7, 11) is -0.962. The molecule has 0 aliphatic heterocycles. The summed E-state index contributed by atoms with van der Waals surface area (Å²) < 4.78 is 39.2. The van der Waals surface area contributed by atoms with Gasteiger partial charge in [-0.3, -0.25) is 4.72 Å². The average Bonchev–Trinajstić information content (AvgIpc) is 3.19. The zero-order chi connectivity index (χ0) is 21.3. The number of aryl methyl sites for hydroxylation is 1. The summed E-state index contributed by atoms with van der Waals surface area (Å²) in [5, 5.41) is 0.770. The third-order valence-corrected chi connectivity index (χ3v) is 6.99. The Bertz CT molecular complexity index is 1300. The maximum Gasteiger partial charge on any atom is 0.265 e. The summed E-state index contributed by atoms with van der Waals surface area (Å²) in [6.07, 6.45) is 1.72. The number of nitrogens with one attached hydrogen (secondary N) is 1. The molecule has 4 aromatic rings. The maximum absolute atomic E-state index is 13.1. The highest BCUT2D eigenvalue weighted by molar-refractivity contribution is 7.92. The minimum atomic E-state index is -3.89. The lowest BCUT2D eigenvalue weighted by Gasteiger charge is -2.14. The van der Waals surface area contributed by atoms with Gasteiger partial charge in [0.1, 0.15) is 31.7 Å². The number of ether oxygens (including phenoxy) is 2. The second-order valence-electron chi connectivity index (χ2n) is 6.50. The highest BCUT2D eigenvalue weighted by Crippen LogP contribution is 2.34. The van der Waals surface area contributed by atoms with Gasteiger partial charge in [0.05, 0.1) is 19.9 Å². The molecule has 0 fully saturated rings. The first-order valence-corrected chi connectivity index (χ1v) is 11.3. The SMILES string of the molecule is COc1ccc(S(=O)(=O)Nc2cc(-c3nc4cccnc4s3)ccc2C)c(OC)c1. The second kappa shape index (κ2) is 7.92. The van der Waals surface area contributed by atoms with Crippen molar-refractivity contribution in [1.82, 2.24) is 9.97 Å². The highest BCUT2D eigenvalue weighted by Gasteiger charge is 2.21. The number of rotatable bonds is 6. The van der Waals surface area contributed by atoms with E-state index in [1.165, 1.54) is 37.7 Å². The van der Waals surface area contributed by atoms with Crippen molar-refractivity contribution in [3.05, 3.63) is 60.3 Å². The van der Waals surface area contributed by atoms with Crippen molar-refractivity contribution in [3.8, 4) is 22.1 Å². The third kappa shape index (κ3) is 3.81. The molecule has 0 unspecified atom stereocenters. The fraction of sp³-hybridized carbons (Fsp3) is 0.143. The van der Waals surface area contributed by atoms with Gasteiger partial charge in [-0.1, -0.05) is 23.5 Å². The van der Waals surface area contributed by atoms with Gasteiger partial charge < -0.3 is 9.47 Å². The number of anilines is 1. The van der Waals surface area contributed by atoms with Gasteiger partial charge in [0.2, 0.25) is 0 Å². The van der Waals surface area contributed by atoms with Crippen LogP contribution in [0.1, 0.15) is 5.56 Å². The molecule has 2 heterocycles. The molecular formula is C21H19N3O4S2. The molecule has 0 saturated heterocycles. The van der Waals surface area contributed by atoms with Crippen molar-refractivity contribution < 1.29 is 17.9 Å². The number of hydrogen-bond donors (Lipinski definition) is 1. The Hall–Kier alpha value is -3.17. The van der Waals surface area contributed by atoms with Gasteiger partial charge in [-0.2, -0.15) is 0 Å². The molecule has 0 atom stereocenters. The lowest BCUT2D eigenvalue weighted by Crippen LogP contribution is -2.15. The molecule has 0 aliphatic carbocycles. The number of pyridine rings is 1. The number of sulfonamides is 1. The van der Waals surface area contributed by atoms with E-state index in [1.807, 2.05) is 31.2 Å². The van der Waals surface area contributed by atoms with E-state index >= 15 is 0 Å². The molecule has 2 aromatic carbocycles. The number of hydrogen-bond acceptors (Lipinski definition) is 7. The van der Waals surface area contributed by atoms with E-state index < -0.39 is 10.0 Å². The van der Waals surface area contributed by atoms with E-state index in [4.69, 9.17) is 9.47 Å². The molecular weight excluding hydrogens is 422 g/mol. The molecule has 0 saturated carbocycles. The van der Waals surface area contributed by atoms with Gasteiger partial charge >= 0.3 is 0 Å². The molecule has 0 radical (unpaired) electrons. The molecule has 154 valence electrons. The molecule has 7 nitrogen and oxygen atoms in total. The van der Waals surface area contributed by atoms with Crippen LogP contribution in [0, 0.1) is 6.92 Å². The van der Waals surface area contributed by atoms with Gasteiger partial charge in [0.15, 0.2) is 0 Å². The Balaban J connectivity index is 1.71. The zero-order valence-corrected chi connectivity index (χ0v) is 18.2. The van der Waals surface area contributed by atoms with Crippen molar-refractivity contribution in [2.45, 2.75) is 11.8 Å². The number of methoxy groups -OCH3 is 2. The van der Waals surface area contributed by atoms with Crippen molar-refractivity contribution in [1.29, 1.82) is 0 Å². The van der Waals surface area contributed by atoms with Gasteiger partial charge in [0.25, 0.3) is 10.0 Å². The predicted octanol–water partition coefficient (Wildman–Crippen LogP) is 4.48. The van der Waals surface area contributed by atoms with Crippen LogP contribution >= 0.6 is 11.3 Å². The lowest BCUT2D eigenvalue weighted by molar-refractivity contribution is 0.386. The normalized spacial score (nSPS) is 11.4. The number of aromatic nitrogens is 2. The predicted molar refractivity (Wildman–Crippen MR) is 118 cm³/mol. The van der Waals surface area contributed by atoms with E-state index in [0.29, 0.717) is 11.4 Å². The standard InChI is InChI=1S/C21H19N3O4S2/c1-13-6-7-14(20-23-16-5-4-10-22-21(16)29-20)11-17(13)24-30(25,26)19-9-8-15(27-2)12-18(19)28-3/h4-12,24H,1-3H3. The van der Waals surface area contributed by atoms with E-state index in [9.17, 15) is 8.42 Å². The Kier molecular flexibility index (Phi) is 5.31. The van der Waals surface area contributed by atoms with Crippen LogP contribution in [0.15, 0.2) is 59.6 Å². The van der Waals surface area contributed by atoms with Gasteiger partial charge in [-0.15, -0.1) is 0 Å². The monoisotopic (exact) mass is 441 g/mol. The molecule has 9 heteroatoms. The minimum absolute atomic E-state index is 0.0276. The number of nitrogens with zero attached hydrogens (tertiary/aromatic N) is 2. The molecule has 0 aliphatic rings. The Morgan fingerprint density at radius 2 is 1.87 bits per heavy atom. The van der Waals surface area contributed by atoms with Crippen LogP contribution in [0.25, 0.3) is 20.9 Å². The van der Waals surface area contributed by atoms with Crippen LogP contribution in [0.4, 0.5) is 5.69 Å². The van der Waals surface area contributed by atoms with Crippen LogP contribution in [0.2, 0.25) is 0 Å². The summed E-state index contributed by atoms with van der Waals surface area (Å²) in [5.41, 5.74) is 2.87. The number of thiazole rings is 1. The second-order valence-corrected chi connectivity index (χ2v) is 9.13. The average molecular weight is 442 g/mol. The summed E-state index contributed by atoms with van der Waals surface area (Å²) in [4.78, 5) is 9.78. The molecule has 4 rings (SSSR count). The van der Waals surface area contributed by atoms with Crippen LogP contribution in [-0.4, -0.2) is 32.6 Å². The Labute approximate surface area is 178 Å².